The number of nitrogens with zero attached hydrogens (tertiary/aromatic N) is 3. The highest BCUT2D eigenvalue weighted by atomic mass is 19.1. The predicted octanol–water partition coefficient (Wildman–Crippen LogP) is 3.91. The minimum Gasteiger partial charge on any atom is -0.378 e. The zero-order valence-electron chi connectivity index (χ0n) is 16.2. The molecule has 0 bridgehead atoms. The number of nitrogens with two attached hydrogens (primary N) is 1. The molecule has 29 heavy (non-hydrogen) atoms. The third kappa shape index (κ3) is 4.14. The van der Waals surface area contributed by atoms with Crippen LogP contribution in [0.2, 0.25) is 0 Å². The van der Waals surface area contributed by atoms with Crippen molar-refractivity contribution in [3.8, 4) is 11.1 Å². The maximum absolute atomic E-state index is 14.8. The van der Waals surface area contributed by atoms with Gasteiger partial charge >= 0.3 is 0 Å². The molecule has 150 valence electrons. The smallest absolute Gasteiger partial charge is 0.196 e. The lowest BCUT2D eigenvalue weighted by molar-refractivity contribution is 0.0675. The van der Waals surface area contributed by atoms with Crippen molar-refractivity contribution in [1.29, 1.82) is 0 Å². The number of guanidine groups is 1. The Kier molecular flexibility index (Phi) is 5.57. The summed E-state index contributed by atoms with van der Waals surface area (Å²) < 4.78 is 25.3. The molecule has 0 spiro atoms. The lowest BCUT2D eigenvalue weighted by Gasteiger charge is -2.27. The second-order valence-corrected chi connectivity index (χ2v) is 6.98. The van der Waals surface area contributed by atoms with Crippen LogP contribution < -0.4 is 5.73 Å². The van der Waals surface area contributed by atoms with E-state index in [1.807, 2.05) is 48.2 Å². The van der Waals surface area contributed by atoms with E-state index in [0.717, 1.165) is 11.1 Å². The molecule has 4 rings (SSSR count). The average Bonchev–Trinajstić information content (AvgIpc) is 3.22. The van der Waals surface area contributed by atoms with Gasteiger partial charge in [0.05, 0.1) is 13.2 Å². The van der Waals surface area contributed by atoms with Crippen molar-refractivity contribution in [3.05, 3.63) is 71.9 Å². The van der Waals surface area contributed by atoms with E-state index in [-0.39, 0.29) is 11.7 Å². The van der Waals surface area contributed by atoms with Gasteiger partial charge in [-0.15, -0.1) is 0 Å². The van der Waals surface area contributed by atoms with E-state index >= 15 is 0 Å². The van der Waals surface area contributed by atoms with Gasteiger partial charge in [-0.2, -0.15) is 0 Å². The number of aliphatic imine (C=N–C) groups is 1. The Morgan fingerprint density at radius 1 is 1.17 bits per heavy atom. The highest BCUT2D eigenvalue weighted by Crippen LogP contribution is 2.33. The first kappa shape index (κ1) is 19.1. The van der Waals surface area contributed by atoms with Gasteiger partial charge < -0.3 is 19.9 Å². The van der Waals surface area contributed by atoms with Crippen LogP contribution in [0, 0.1) is 5.82 Å². The average molecular weight is 394 g/mol. The molecule has 1 atom stereocenters. The maximum atomic E-state index is 14.8. The highest BCUT2D eigenvalue weighted by Gasteiger charge is 2.20. The molecule has 2 N–H and O–H groups in total. The Morgan fingerprint density at radius 3 is 2.66 bits per heavy atom. The van der Waals surface area contributed by atoms with Crippen LogP contribution in [-0.2, 0) is 4.74 Å². The van der Waals surface area contributed by atoms with Gasteiger partial charge in [0.1, 0.15) is 23.5 Å². The lowest BCUT2D eigenvalue weighted by atomic mass is 9.94. The van der Waals surface area contributed by atoms with E-state index in [2.05, 4.69) is 10.1 Å². The van der Waals surface area contributed by atoms with E-state index in [0.29, 0.717) is 49.2 Å². The van der Waals surface area contributed by atoms with Crippen LogP contribution in [0.15, 0.2) is 64.3 Å². The number of aromatic nitrogens is 1. The second kappa shape index (κ2) is 8.45. The quantitative estimate of drug-likeness (QED) is 0.536. The number of halogens is 1. The zero-order chi connectivity index (χ0) is 20.2. The Balaban J connectivity index is 1.58. The number of ether oxygens (including phenoxy) is 1. The van der Waals surface area contributed by atoms with Crippen molar-refractivity contribution < 1.29 is 13.7 Å². The molecule has 0 radical (unpaired) electrons. The zero-order valence-corrected chi connectivity index (χ0v) is 16.2. The van der Waals surface area contributed by atoms with Crippen LogP contribution in [-0.4, -0.2) is 42.3 Å². The number of hydrogen-bond donors (Lipinski definition) is 1. The van der Waals surface area contributed by atoms with Gasteiger partial charge in [-0.25, -0.2) is 9.38 Å². The Labute approximate surface area is 168 Å². The number of hydrogen-bond acceptors (Lipinski definition) is 4. The summed E-state index contributed by atoms with van der Waals surface area (Å²) in [5, 5.41) is 4.10. The van der Waals surface area contributed by atoms with Gasteiger partial charge in [-0.1, -0.05) is 54.5 Å². The van der Waals surface area contributed by atoms with Gasteiger partial charge in [0.15, 0.2) is 5.96 Å². The van der Waals surface area contributed by atoms with Crippen LogP contribution in [0.3, 0.4) is 0 Å². The molecule has 0 saturated carbocycles. The van der Waals surface area contributed by atoms with Crippen molar-refractivity contribution >= 4 is 11.6 Å². The summed E-state index contributed by atoms with van der Waals surface area (Å²) in [6.45, 7) is 4.57. The van der Waals surface area contributed by atoms with Gasteiger partial charge in [-0.05, 0) is 17.2 Å². The molecule has 1 aliphatic rings. The molecule has 1 fully saturated rings. The SMILES string of the molecule is CC(c1ccc(-c2ccccc2)c(F)c1)c1nocc1N=C(N)N1CCOCC1. The van der Waals surface area contributed by atoms with Crippen molar-refractivity contribution in [2.45, 2.75) is 12.8 Å². The maximum Gasteiger partial charge on any atom is 0.196 e. The minimum absolute atomic E-state index is 0.204. The Bertz CT molecular complexity index is 997. The summed E-state index contributed by atoms with van der Waals surface area (Å²) in [6, 6.07) is 14.7. The summed E-state index contributed by atoms with van der Waals surface area (Å²) in [6.07, 6.45) is 1.47. The van der Waals surface area contributed by atoms with Gasteiger partial charge in [0.25, 0.3) is 0 Å². The van der Waals surface area contributed by atoms with Gasteiger partial charge in [0, 0.05) is 24.6 Å². The molecule has 1 saturated heterocycles. The summed E-state index contributed by atoms with van der Waals surface area (Å²) >= 11 is 0. The van der Waals surface area contributed by atoms with Gasteiger partial charge in [0.2, 0.25) is 0 Å². The second-order valence-electron chi connectivity index (χ2n) is 6.98. The normalized spacial score (nSPS) is 16.1. The number of rotatable bonds is 4. The standard InChI is InChI=1S/C22H23FN4O2/c1-15(17-7-8-18(19(23)13-17)16-5-3-2-4-6-16)21-20(14-29-26-21)25-22(24)27-9-11-28-12-10-27/h2-8,13-15H,9-12H2,1H3,(H2,24,25). The van der Waals surface area contributed by atoms with Crippen molar-refractivity contribution in [2.24, 2.45) is 10.7 Å². The largest absolute Gasteiger partial charge is 0.378 e. The van der Waals surface area contributed by atoms with Crippen molar-refractivity contribution in [2.75, 3.05) is 26.3 Å². The number of benzene rings is 2. The molecule has 3 aromatic rings. The molecule has 0 aliphatic carbocycles. The monoisotopic (exact) mass is 394 g/mol. The van der Waals surface area contributed by atoms with Crippen molar-refractivity contribution in [1.82, 2.24) is 10.1 Å². The molecule has 1 aromatic heterocycles. The molecule has 7 heteroatoms. The fourth-order valence-corrected chi connectivity index (χ4v) is 3.42. The molecule has 2 heterocycles. The van der Waals surface area contributed by atoms with Crippen LogP contribution in [0.25, 0.3) is 11.1 Å². The van der Waals surface area contributed by atoms with E-state index < -0.39 is 0 Å². The highest BCUT2D eigenvalue weighted by molar-refractivity contribution is 5.81. The molecule has 6 nitrogen and oxygen atoms in total. The van der Waals surface area contributed by atoms with Crippen LogP contribution >= 0.6 is 0 Å². The first-order valence-electron chi connectivity index (χ1n) is 9.59. The predicted molar refractivity (Wildman–Crippen MR) is 110 cm³/mol. The Hall–Kier alpha value is -3.19. The van der Waals surface area contributed by atoms with E-state index in [4.69, 9.17) is 15.0 Å². The summed E-state index contributed by atoms with van der Waals surface area (Å²) in [4.78, 5) is 6.45. The molecule has 2 aromatic carbocycles. The fraction of sp³-hybridized carbons (Fsp3) is 0.273. The van der Waals surface area contributed by atoms with Crippen LogP contribution in [0.4, 0.5) is 10.1 Å². The lowest BCUT2D eigenvalue weighted by Crippen LogP contribution is -2.44. The van der Waals surface area contributed by atoms with E-state index in [1.165, 1.54) is 6.26 Å². The molecule has 1 aliphatic heterocycles. The van der Waals surface area contributed by atoms with Gasteiger partial charge in [-0.3, -0.25) is 0 Å². The topological polar surface area (TPSA) is 76.9 Å². The third-order valence-electron chi connectivity index (χ3n) is 5.14. The fourth-order valence-electron chi connectivity index (χ4n) is 3.42. The van der Waals surface area contributed by atoms with E-state index in [1.54, 1.807) is 12.1 Å². The molecule has 1 unspecified atom stereocenters. The molecular weight excluding hydrogens is 371 g/mol. The first-order chi connectivity index (χ1) is 14.1. The van der Waals surface area contributed by atoms with Crippen molar-refractivity contribution in [3.63, 3.8) is 0 Å². The summed E-state index contributed by atoms with van der Waals surface area (Å²) in [7, 11) is 0. The van der Waals surface area contributed by atoms with E-state index in [9.17, 15) is 4.39 Å². The van der Waals surface area contributed by atoms with Crippen LogP contribution in [0.1, 0.15) is 24.1 Å². The summed E-state index contributed by atoms with van der Waals surface area (Å²) in [5.41, 5.74) is 9.51. The first-order valence-corrected chi connectivity index (χ1v) is 9.59. The number of morpholine rings is 1. The third-order valence-corrected chi connectivity index (χ3v) is 5.14. The minimum atomic E-state index is -0.276. The summed E-state index contributed by atoms with van der Waals surface area (Å²) in [5.74, 6) is -0.0817. The molecule has 0 amide bonds. The van der Waals surface area contributed by atoms with Crippen LogP contribution in [0.5, 0.6) is 0 Å². The Morgan fingerprint density at radius 2 is 1.93 bits per heavy atom. The molecular formula is C22H23FN4O2.